The van der Waals surface area contributed by atoms with Crippen LogP contribution in [0.4, 0.5) is 0 Å². The first-order chi connectivity index (χ1) is 7.83. The van der Waals surface area contributed by atoms with Crippen molar-refractivity contribution in [3.8, 4) is 0 Å². The molecule has 0 spiro atoms. The first-order valence-electron chi connectivity index (χ1n) is 6.27. The van der Waals surface area contributed by atoms with E-state index in [2.05, 4.69) is 11.6 Å². The molecular weight excluding hydrogens is 222 g/mol. The maximum atomic E-state index is 8.56. The van der Waals surface area contributed by atoms with Crippen LogP contribution in [-0.4, -0.2) is 49.0 Å². The lowest BCUT2D eigenvalue weighted by Gasteiger charge is -2.36. The second-order valence-corrected chi connectivity index (χ2v) is 5.73. The van der Waals surface area contributed by atoms with Crippen LogP contribution in [-0.2, 0) is 4.74 Å². The topological polar surface area (TPSA) is 41.5 Å². The van der Waals surface area contributed by atoms with E-state index < -0.39 is 0 Å². The van der Waals surface area contributed by atoms with E-state index in [1.54, 1.807) is 0 Å². The first-order valence-corrected chi connectivity index (χ1v) is 7.50. The van der Waals surface area contributed by atoms with Crippen molar-refractivity contribution >= 4 is 11.8 Å². The third kappa shape index (κ3) is 5.04. The Morgan fingerprint density at radius 2 is 2.00 bits per heavy atom. The number of hydrogen-bond donors (Lipinski definition) is 2. The monoisotopic (exact) mass is 247 g/mol. The van der Waals surface area contributed by atoms with Gasteiger partial charge in [0.25, 0.3) is 0 Å². The van der Waals surface area contributed by atoms with E-state index in [9.17, 15) is 0 Å². The van der Waals surface area contributed by atoms with Crippen molar-refractivity contribution in [3.05, 3.63) is 0 Å². The predicted molar refractivity (Wildman–Crippen MR) is 70.1 cm³/mol. The maximum Gasteiger partial charge on any atom is 0.0698 e. The van der Waals surface area contributed by atoms with E-state index >= 15 is 0 Å². The predicted octanol–water partition coefficient (Wildman–Crippen LogP) is 1.65. The van der Waals surface area contributed by atoms with Crippen LogP contribution in [0, 0.1) is 0 Å². The van der Waals surface area contributed by atoms with Crippen molar-refractivity contribution in [1.82, 2.24) is 5.32 Å². The minimum atomic E-state index is 0.120. The van der Waals surface area contributed by atoms with Gasteiger partial charge in [-0.2, -0.15) is 11.8 Å². The largest absolute Gasteiger partial charge is 0.394 e. The summed E-state index contributed by atoms with van der Waals surface area (Å²) in [5.41, 5.74) is 0. The second kappa shape index (κ2) is 8.34. The highest BCUT2D eigenvalue weighted by atomic mass is 32.2. The fourth-order valence-electron chi connectivity index (χ4n) is 2.28. The van der Waals surface area contributed by atoms with Gasteiger partial charge in [-0.25, -0.2) is 0 Å². The van der Waals surface area contributed by atoms with Crippen molar-refractivity contribution in [2.75, 3.05) is 39.2 Å². The highest BCUT2D eigenvalue weighted by Crippen LogP contribution is 2.37. The smallest absolute Gasteiger partial charge is 0.0698 e. The lowest BCUT2D eigenvalue weighted by Crippen LogP contribution is -2.40. The summed E-state index contributed by atoms with van der Waals surface area (Å²) in [6.07, 6.45) is 9.08. The van der Waals surface area contributed by atoms with Crippen molar-refractivity contribution in [2.24, 2.45) is 0 Å². The summed E-state index contributed by atoms with van der Waals surface area (Å²) in [7, 11) is 0. The van der Waals surface area contributed by atoms with E-state index in [0.29, 0.717) is 18.0 Å². The Labute approximate surface area is 103 Å². The van der Waals surface area contributed by atoms with Crippen molar-refractivity contribution < 1.29 is 9.84 Å². The summed E-state index contributed by atoms with van der Waals surface area (Å²) < 4.78 is 5.69. The van der Waals surface area contributed by atoms with E-state index in [0.717, 1.165) is 13.1 Å². The van der Waals surface area contributed by atoms with E-state index in [1.165, 1.54) is 32.1 Å². The standard InChI is InChI=1S/C12H25NO2S/c1-16-12(5-3-2-4-6-12)11-13-7-9-15-10-8-14/h13-14H,2-11H2,1H3. The van der Waals surface area contributed by atoms with Crippen molar-refractivity contribution in [3.63, 3.8) is 0 Å². The second-order valence-electron chi connectivity index (χ2n) is 4.46. The summed E-state index contributed by atoms with van der Waals surface area (Å²) >= 11 is 2.02. The molecule has 1 aliphatic rings. The normalized spacial score (nSPS) is 19.9. The summed E-state index contributed by atoms with van der Waals surface area (Å²) in [4.78, 5) is 0. The number of nitrogens with one attached hydrogen (secondary N) is 1. The Morgan fingerprint density at radius 1 is 1.25 bits per heavy atom. The zero-order valence-corrected chi connectivity index (χ0v) is 11.2. The lowest BCUT2D eigenvalue weighted by molar-refractivity contribution is 0.0935. The fraction of sp³-hybridized carbons (Fsp3) is 1.00. The summed E-state index contributed by atoms with van der Waals surface area (Å²) in [6.45, 7) is 3.26. The number of ether oxygens (including phenoxy) is 1. The summed E-state index contributed by atoms with van der Waals surface area (Å²) in [6, 6.07) is 0. The Kier molecular flexibility index (Phi) is 7.45. The Morgan fingerprint density at radius 3 is 2.62 bits per heavy atom. The molecule has 0 unspecified atom stereocenters. The molecule has 0 saturated heterocycles. The number of aliphatic hydroxyl groups is 1. The van der Waals surface area contributed by atoms with Gasteiger partial charge in [0.1, 0.15) is 0 Å². The third-order valence-corrected chi connectivity index (χ3v) is 4.72. The molecule has 2 N–H and O–H groups in total. The molecular formula is C12H25NO2S. The van der Waals surface area contributed by atoms with E-state index in [1.807, 2.05) is 11.8 Å². The van der Waals surface area contributed by atoms with Crippen molar-refractivity contribution in [2.45, 2.75) is 36.9 Å². The van der Waals surface area contributed by atoms with Crippen LogP contribution in [0.15, 0.2) is 0 Å². The minimum Gasteiger partial charge on any atom is -0.394 e. The molecule has 0 aromatic heterocycles. The van der Waals surface area contributed by atoms with Gasteiger partial charge < -0.3 is 15.2 Å². The zero-order chi connectivity index (χ0) is 11.7. The SMILES string of the molecule is CSC1(CNCCOCCO)CCCCC1. The van der Waals surface area contributed by atoms with Gasteiger partial charge in [0.15, 0.2) is 0 Å². The van der Waals surface area contributed by atoms with Gasteiger partial charge in [-0.05, 0) is 19.1 Å². The number of rotatable bonds is 8. The van der Waals surface area contributed by atoms with Gasteiger partial charge in [0.05, 0.1) is 19.8 Å². The highest BCUT2D eigenvalue weighted by molar-refractivity contribution is 8.00. The van der Waals surface area contributed by atoms with Gasteiger partial charge in [0.2, 0.25) is 0 Å². The van der Waals surface area contributed by atoms with Crippen LogP contribution in [0.2, 0.25) is 0 Å². The van der Waals surface area contributed by atoms with Crippen LogP contribution >= 0.6 is 11.8 Å². The Bertz CT molecular complexity index is 172. The van der Waals surface area contributed by atoms with Gasteiger partial charge in [-0.15, -0.1) is 0 Å². The number of hydrogen-bond acceptors (Lipinski definition) is 4. The number of thioether (sulfide) groups is 1. The maximum absolute atomic E-state index is 8.56. The van der Waals surface area contributed by atoms with Crippen LogP contribution < -0.4 is 5.32 Å². The molecule has 4 heteroatoms. The average Bonchev–Trinajstić information content (AvgIpc) is 2.35. The molecule has 0 radical (unpaired) electrons. The summed E-state index contributed by atoms with van der Waals surface area (Å²) in [5, 5.41) is 12.0. The van der Waals surface area contributed by atoms with Crippen LogP contribution in [0.25, 0.3) is 0 Å². The molecule has 0 aliphatic heterocycles. The molecule has 96 valence electrons. The quantitative estimate of drug-likeness (QED) is 0.640. The molecule has 1 fully saturated rings. The van der Waals surface area contributed by atoms with Gasteiger partial charge >= 0.3 is 0 Å². The Hall–Kier alpha value is 0.230. The highest BCUT2D eigenvalue weighted by Gasteiger charge is 2.30. The van der Waals surface area contributed by atoms with E-state index in [-0.39, 0.29) is 6.61 Å². The molecule has 0 amide bonds. The summed E-state index contributed by atoms with van der Waals surface area (Å²) in [5.74, 6) is 0. The average molecular weight is 247 g/mol. The fourth-order valence-corrected chi connectivity index (χ4v) is 3.22. The molecule has 1 aliphatic carbocycles. The minimum absolute atomic E-state index is 0.120. The molecule has 0 bridgehead atoms. The molecule has 1 saturated carbocycles. The molecule has 0 aromatic carbocycles. The first kappa shape index (κ1) is 14.3. The third-order valence-electron chi connectivity index (χ3n) is 3.30. The molecule has 0 atom stereocenters. The van der Waals surface area contributed by atoms with Crippen LogP contribution in [0.3, 0.4) is 0 Å². The van der Waals surface area contributed by atoms with Gasteiger partial charge in [0, 0.05) is 17.8 Å². The van der Waals surface area contributed by atoms with Gasteiger partial charge in [-0.1, -0.05) is 19.3 Å². The van der Waals surface area contributed by atoms with Gasteiger partial charge in [-0.3, -0.25) is 0 Å². The Balaban J connectivity index is 2.08. The lowest BCUT2D eigenvalue weighted by atomic mass is 9.88. The molecule has 1 rings (SSSR count). The molecule has 0 aromatic rings. The molecule has 3 nitrogen and oxygen atoms in total. The molecule has 0 heterocycles. The van der Waals surface area contributed by atoms with E-state index in [4.69, 9.17) is 9.84 Å². The van der Waals surface area contributed by atoms with Crippen LogP contribution in [0.1, 0.15) is 32.1 Å². The zero-order valence-electron chi connectivity index (χ0n) is 10.3. The number of aliphatic hydroxyl groups excluding tert-OH is 1. The van der Waals surface area contributed by atoms with Crippen LogP contribution in [0.5, 0.6) is 0 Å². The van der Waals surface area contributed by atoms with Crippen molar-refractivity contribution in [1.29, 1.82) is 0 Å². The molecule has 16 heavy (non-hydrogen) atoms.